The fourth-order valence-electron chi connectivity index (χ4n) is 3.66. The zero-order chi connectivity index (χ0) is 20.5. The molecule has 0 radical (unpaired) electrons. The first-order chi connectivity index (χ1) is 14.7. The number of amides is 2. The largest absolute Gasteiger partial charge is 0.303 e. The highest BCUT2D eigenvalue weighted by molar-refractivity contribution is 7.11. The fourth-order valence-corrected chi connectivity index (χ4v) is 4.25. The van der Waals surface area contributed by atoms with Crippen LogP contribution in [0.5, 0.6) is 0 Å². The molecule has 2 amide bonds. The van der Waals surface area contributed by atoms with Crippen LogP contribution < -0.4 is 10.3 Å². The smallest absolute Gasteiger partial charge is 0.271 e. The van der Waals surface area contributed by atoms with E-state index < -0.39 is 0 Å². The average Bonchev–Trinajstić information content (AvgIpc) is 3.38. The quantitative estimate of drug-likeness (QED) is 0.378. The maximum absolute atomic E-state index is 12.9. The highest BCUT2D eigenvalue weighted by atomic mass is 32.1. The molecule has 1 N–H and O–H groups in total. The molecule has 0 bridgehead atoms. The molecule has 1 aliphatic heterocycles. The van der Waals surface area contributed by atoms with Gasteiger partial charge in [0.1, 0.15) is 0 Å². The lowest BCUT2D eigenvalue weighted by Gasteiger charge is -2.18. The van der Waals surface area contributed by atoms with Crippen LogP contribution in [-0.2, 0) is 6.54 Å². The van der Waals surface area contributed by atoms with Crippen molar-refractivity contribution in [2.24, 2.45) is 5.10 Å². The Kier molecular flexibility index (Phi) is 4.61. The summed E-state index contributed by atoms with van der Waals surface area (Å²) in [5, 5.41) is 8.00. The lowest BCUT2D eigenvalue weighted by atomic mass is 10.1. The van der Waals surface area contributed by atoms with E-state index in [1.165, 1.54) is 0 Å². The Hall–Kier alpha value is -3.77. The van der Waals surface area contributed by atoms with E-state index in [0.717, 1.165) is 32.5 Å². The molecule has 0 unspecified atom stereocenters. The number of nitrogens with one attached hydrogen (secondary N) is 1. The number of hydrogen-bond acceptors (Lipinski definition) is 4. The van der Waals surface area contributed by atoms with E-state index in [1.54, 1.807) is 34.6 Å². The minimum atomic E-state index is -0.274. The number of thiophene rings is 1. The SMILES string of the molecule is O=C(N/N=C\c1cccs1)c1ccc(CN2C(=O)c3cccc4cccc2c34)cc1. The molecular formula is C24H17N3O2S. The van der Waals surface area contributed by atoms with Crippen molar-refractivity contribution in [1.29, 1.82) is 0 Å². The van der Waals surface area contributed by atoms with Gasteiger partial charge >= 0.3 is 0 Å². The van der Waals surface area contributed by atoms with E-state index in [1.807, 2.05) is 66.0 Å². The first kappa shape index (κ1) is 18.3. The number of hydrazone groups is 1. The lowest BCUT2D eigenvalue weighted by Crippen LogP contribution is -2.26. The maximum Gasteiger partial charge on any atom is 0.271 e. The van der Waals surface area contributed by atoms with Gasteiger partial charge in [-0.3, -0.25) is 9.59 Å². The van der Waals surface area contributed by atoms with E-state index in [9.17, 15) is 9.59 Å². The molecule has 30 heavy (non-hydrogen) atoms. The van der Waals surface area contributed by atoms with Crippen LogP contribution in [0.15, 0.2) is 83.3 Å². The predicted molar refractivity (Wildman–Crippen MR) is 120 cm³/mol. The van der Waals surface area contributed by atoms with E-state index in [-0.39, 0.29) is 11.8 Å². The van der Waals surface area contributed by atoms with Crippen LogP contribution in [-0.4, -0.2) is 18.0 Å². The monoisotopic (exact) mass is 411 g/mol. The molecule has 6 heteroatoms. The van der Waals surface area contributed by atoms with Crippen LogP contribution >= 0.6 is 11.3 Å². The van der Waals surface area contributed by atoms with Gasteiger partial charge in [0.25, 0.3) is 11.8 Å². The van der Waals surface area contributed by atoms with Gasteiger partial charge in [-0.25, -0.2) is 5.43 Å². The zero-order valence-electron chi connectivity index (χ0n) is 15.9. The average molecular weight is 411 g/mol. The summed E-state index contributed by atoms with van der Waals surface area (Å²) in [4.78, 5) is 27.9. The van der Waals surface area contributed by atoms with Gasteiger partial charge in [0.15, 0.2) is 0 Å². The van der Waals surface area contributed by atoms with Gasteiger partial charge in [0, 0.05) is 21.4 Å². The molecule has 4 aromatic rings. The number of carbonyl (C=O) groups is 2. The minimum Gasteiger partial charge on any atom is -0.303 e. The minimum absolute atomic E-state index is 0.00605. The van der Waals surface area contributed by atoms with Crippen molar-refractivity contribution in [2.45, 2.75) is 6.54 Å². The Morgan fingerprint density at radius 2 is 1.80 bits per heavy atom. The molecule has 0 fully saturated rings. The fraction of sp³-hybridized carbons (Fsp3) is 0.0417. The van der Waals surface area contributed by atoms with Gasteiger partial charge in [0.2, 0.25) is 0 Å². The Balaban J connectivity index is 1.31. The number of benzene rings is 3. The molecule has 0 saturated heterocycles. The molecule has 146 valence electrons. The van der Waals surface area contributed by atoms with Gasteiger partial charge in [-0.1, -0.05) is 42.5 Å². The van der Waals surface area contributed by atoms with E-state index in [4.69, 9.17) is 0 Å². The summed E-state index contributed by atoms with van der Waals surface area (Å²) in [6, 6.07) is 22.9. The van der Waals surface area contributed by atoms with E-state index in [0.29, 0.717) is 12.1 Å². The van der Waals surface area contributed by atoms with Crippen LogP contribution in [0.25, 0.3) is 10.8 Å². The highest BCUT2D eigenvalue weighted by Gasteiger charge is 2.29. The zero-order valence-corrected chi connectivity index (χ0v) is 16.7. The van der Waals surface area contributed by atoms with Gasteiger partial charge in [-0.15, -0.1) is 11.3 Å². The molecule has 0 atom stereocenters. The molecule has 1 aromatic heterocycles. The summed E-state index contributed by atoms with van der Waals surface area (Å²) >= 11 is 1.55. The molecule has 5 nitrogen and oxygen atoms in total. The number of carbonyl (C=O) groups excluding carboxylic acids is 2. The summed E-state index contributed by atoms with van der Waals surface area (Å²) in [6.45, 7) is 0.449. The standard InChI is InChI=1S/C24H17N3O2S/c28-23(26-25-14-19-6-3-13-30-19)18-11-9-16(10-12-18)15-27-21-8-2-5-17-4-1-7-20(22(17)21)24(27)29/h1-14H,15H2,(H,26,28)/b25-14-. The van der Waals surface area contributed by atoms with E-state index >= 15 is 0 Å². The third kappa shape index (κ3) is 3.27. The van der Waals surface area contributed by atoms with Gasteiger partial charge in [0.05, 0.1) is 18.4 Å². The third-order valence-electron chi connectivity index (χ3n) is 5.11. The Labute approximate surface area is 177 Å². The summed E-state index contributed by atoms with van der Waals surface area (Å²) in [5.41, 5.74) is 5.67. The van der Waals surface area contributed by atoms with Crippen LogP contribution in [0.4, 0.5) is 5.69 Å². The first-order valence-electron chi connectivity index (χ1n) is 9.50. The van der Waals surface area contributed by atoms with Crippen molar-refractivity contribution < 1.29 is 9.59 Å². The second-order valence-corrected chi connectivity index (χ2v) is 7.96. The predicted octanol–water partition coefficient (Wildman–Crippen LogP) is 4.83. The molecule has 0 aliphatic carbocycles. The van der Waals surface area contributed by atoms with Crippen LogP contribution in [0.2, 0.25) is 0 Å². The van der Waals surface area contributed by atoms with Crippen LogP contribution in [0.1, 0.15) is 31.2 Å². The summed E-state index contributed by atoms with van der Waals surface area (Å²) < 4.78 is 0. The van der Waals surface area contributed by atoms with Crippen LogP contribution in [0, 0.1) is 0 Å². The molecule has 0 saturated carbocycles. The van der Waals surface area contributed by atoms with Gasteiger partial charge in [-0.2, -0.15) is 5.10 Å². The number of rotatable bonds is 5. The molecule has 2 heterocycles. The van der Waals surface area contributed by atoms with Crippen molar-refractivity contribution in [3.05, 3.63) is 99.7 Å². The van der Waals surface area contributed by atoms with Crippen molar-refractivity contribution in [3.63, 3.8) is 0 Å². The van der Waals surface area contributed by atoms with Gasteiger partial charge < -0.3 is 4.90 Å². The normalized spacial score (nSPS) is 12.8. The third-order valence-corrected chi connectivity index (χ3v) is 5.91. The van der Waals surface area contributed by atoms with E-state index in [2.05, 4.69) is 10.5 Å². The summed E-state index contributed by atoms with van der Waals surface area (Å²) in [6.07, 6.45) is 1.62. The van der Waals surface area contributed by atoms with Crippen molar-refractivity contribution in [2.75, 3.05) is 4.90 Å². The molecule has 3 aromatic carbocycles. The Morgan fingerprint density at radius 3 is 2.57 bits per heavy atom. The Morgan fingerprint density at radius 1 is 1.00 bits per heavy atom. The molecule has 5 rings (SSSR count). The van der Waals surface area contributed by atoms with Crippen molar-refractivity contribution in [1.82, 2.24) is 5.43 Å². The topological polar surface area (TPSA) is 61.8 Å². The van der Waals surface area contributed by atoms with Gasteiger partial charge in [-0.05, 0) is 46.7 Å². The summed E-state index contributed by atoms with van der Waals surface area (Å²) in [5.74, 6) is -0.268. The lowest BCUT2D eigenvalue weighted by molar-refractivity contribution is 0.0953. The summed E-state index contributed by atoms with van der Waals surface area (Å²) in [7, 11) is 0. The first-order valence-corrected chi connectivity index (χ1v) is 10.4. The number of hydrogen-bond donors (Lipinski definition) is 1. The number of anilines is 1. The highest BCUT2D eigenvalue weighted by Crippen LogP contribution is 2.37. The second kappa shape index (κ2) is 7.57. The molecule has 0 spiro atoms. The maximum atomic E-state index is 12.9. The van der Waals surface area contributed by atoms with Crippen molar-refractivity contribution >= 4 is 45.8 Å². The molecular weight excluding hydrogens is 394 g/mol. The Bertz CT molecular complexity index is 1270. The van der Waals surface area contributed by atoms with Crippen molar-refractivity contribution in [3.8, 4) is 0 Å². The van der Waals surface area contributed by atoms with Crippen LogP contribution in [0.3, 0.4) is 0 Å². The molecule has 1 aliphatic rings. The number of nitrogens with zero attached hydrogens (tertiary/aromatic N) is 2. The second-order valence-electron chi connectivity index (χ2n) is 6.98.